The van der Waals surface area contributed by atoms with Crippen molar-refractivity contribution in [3.8, 4) is 0 Å². The van der Waals surface area contributed by atoms with Crippen molar-refractivity contribution in [2.24, 2.45) is 0 Å². The van der Waals surface area contributed by atoms with E-state index in [4.69, 9.17) is 5.11 Å². The lowest BCUT2D eigenvalue weighted by Gasteiger charge is -2.31. The van der Waals surface area contributed by atoms with E-state index in [1.54, 1.807) is 16.8 Å². The number of aromatic nitrogens is 1. The van der Waals surface area contributed by atoms with Gasteiger partial charge in [0.15, 0.2) is 0 Å². The van der Waals surface area contributed by atoms with Crippen LogP contribution in [0, 0.1) is 0 Å². The lowest BCUT2D eigenvalue weighted by atomic mass is 10.1. The first-order valence-electron chi connectivity index (χ1n) is 4.84. The summed E-state index contributed by atoms with van der Waals surface area (Å²) < 4.78 is 0. The van der Waals surface area contributed by atoms with Gasteiger partial charge in [0.1, 0.15) is 0 Å². The molecule has 0 bridgehead atoms. The molecular weight excluding hydrogens is 214 g/mol. The molecule has 1 aliphatic rings. The van der Waals surface area contributed by atoms with Crippen molar-refractivity contribution in [2.45, 2.75) is 12.5 Å². The smallest absolute Gasteiger partial charge is 0.407 e. The Labute approximate surface area is 91.7 Å². The SMILES string of the molecule is O=C(O)N1CCN[C@H](Cc2cscn2)C1. The van der Waals surface area contributed by atoms with Crippen LogP contribution in [-0.2, 0) is 6.42 Å². The molecule has 0 saturated carbocycles. The normalized spacial score (nSPS) is 21.6. The third-order valence-electron chi connectivity index (χ3n) is 2.47. The molecule has 0 aliphatic carbocycles. The molecule has 0 radical (unpaired) electrons. The summed E-state index contributed by atoms with van der Waals surface area (Å²) in [4.78, 5) is 16.4. The number of nitrogens with zero attached hydrogens (tertiary/aromatic N) is 2. The van der Waals surface area contributed by atoms with Crippen molar-refractivity contribution in [3.05, 3.63) is 16.6 Å². The van der Waals surface area contributed by atoms with E-state index >= 15 is 0 Å². The Balaban J connectivity index is 1.90. The van der Waals surface area contributed by atoms with E-state index in [1.807, 2.05) is 5.38 Å². The number of carbonyl (C=O) groups is 1. The molecule has 15 heavy (non-hydrogen) atoms. The van der Waals surface area contributed by atoms with Gasteiger partial charge < -0.3 is 15.3 Å². The zero-order chi connectivity index (χ0) is 10.7. The molecule has 1 aliphatic heterocycles. The predicted octanol–water partition coefficient (Wildman–Crippen LogP) is 0.637. The summed E-state index contributed by atoms with van der Waals surface area (Å²) in [5, 5.41) is 14.2. The summed E-state index contributed by atoms with van der Waals surface area (Å²) in [6.45, 7) is 1.84. The zero-order valence-corrected chi connectivity index (χ0v) is 9.04. The Morgan fingerprint density at radius 2 is 2.67 bits per heavy atom. The van der Waals surface area contributed by atoms with Gasteiger partial charge in [-0.3, -0.25) is 0 Å². The molecule has 1 amide bonds. The lowest BCUT2D eigenvalue weighted by molar-refractivity contribution is 0.128. The highest BCUT2D eigenvalue weighted by molar-refractivity contribution is 7.07. The van der Waals surface area contributed by atoms with Crippen LogP contribution in [0.15, 0.2) is 10.9 Å². The molecule has 6 heteroatoms. The number of nitrogens with one attached hydrogen (secondary N) is 1. The number of piperazine rings is 1. The number of thiazole rings is 1. The molecule has 1 aromatic heterocycles. The number of rotatable bonds is 2. The summed E-state index contributed by atoms with van der Waals surface area (Å²) in [6, 6.07) is 0.192. The summed E-state index contributed by atoms with van der Waals surface area (Å²) in [5.41, 5.74) is 2.83. The fraction of sp³-hybridized carbons (Fsp3) is 0.556. The molecule has 1 aromatic rings. The molecular formula is C9H13N3O2S. The van der Waals surface area contributed by atoms with Gasteiger partial charge in [-0.05, 0) is 0 Å². The Kier molecular flexibility index (Phi) is 3.17. The molecule has 1 saturated heterocycles. The highest BCUT2D eigenvalue weighted by Gasteiger charge is 2.22. The van der Waals surface area contributed by atoms with Crippen molar-refractivity contribution in [1.29, 1.82) is 0 Å². The van der Waals surface area contributed by atoms with Crippen molar-refractivity contribution in [3.63, 3.8) is 0 Å². The fourth-order valence-corrected chi connectivity index (χ4v) is 2.30. The predicted molar refractivity (Wildman–Crippen MR) is 57.2 cm³/mol. The Morgan fingerprint density at radius 1 is 1.80 bits per heavy atom. The molecule has 2 heterocycles. The van der Waals surface area contributed by atoms with E-state index in [-0.39, 0.29) is 6.04 Å². The maximum absolute atomic E-state index is 10.8. The summed E-state index contributed by atoms with van der Waals surface area (Å²) in [5.74, 6) is 0. The van der Waals surface area contributed by atoms with Gasteiger partial charge in [-0.2, -0.15) is 0 Å². The van der Waals surface area contributed by atoms with Gasteiger partial charge in [-0.1, -0.05) is 0 Å². The van der Waals surface area contributed by atoms with Crippen molar-refractivity contribution in [1.82, 2.24) is 15.2 Å². The molecule has 5 nitrogen and oxygen atoms in total. The van der Waals surface area contributed by atoms with Crippen LogP contribution < -0.4 is 5.32 Å². The summed E-state index contributed by atoms with van der Waals surface area (Å²) in [6.07, 6.45) is -0.0347. The maximum Gasteiger partial charge on any atom is 0.407 e. The standard InChI is InChI=1S/C9H13N3O2S/c13-9(14)12-2-1-10-7(4-12)3-8-5-15-6-11-8/h5-7,10H,1-4H2,(H,13,14)/t7-/m1/s1. The van der Waals surface area contributed by atoms with Crippen LogP contribution in [-0.4, -0.2) is 46.8 Å². The third-order valence-corrected chi connectivity index (χ3v) is 3.10. The average molecular weight is 227 g/mol. The summed E-state index contributed by atoms with van der Waals surface area (Å²) >= 11 is 1.57. The first-order chi connectivity index (χ1) is 7.25. The molecule has 0 aromatic carbocycles. The monoisotopic (exact) mass is 227 g/mol. The van der Waals surface area contributed by atoms with Gasteiger partial charge in [-0.15, -0.1) is 11.3 Å². The highest BCUT2D eigenvalue weighted by Crippen LogP contribution is 2.08. The van der Waals surface area contributed by atoms with E-state index in [1.165, 1.54) is 4.90 Å². The van der Waals surface area contributed by atoms with Crippen LogP contribution in [0.4, 0.5) is 4.79 Å². The zero-order valence-electron chi connectivity index (χ0n) is 8.22. The topological polar surface area (TPSA) is 65.5 Å². The van der Waals surface area contributed by atoms with Gasteiger partial charge in [0, 0.05) is 37.5 Å². The largest absolute Gasteiger partial charge is 0.465 e. The van der Waals surface area contributed by atoms with Crippen LogP contribution >= 0.6 is 11.3 Å². The molecule has 1 fully saturated rings. The second kappa shape index (κ2) is 4.59. The minimum absolute atomic E-state index is 0.192. The van der Waals surface area contributed by atoms with Crippen molar-refractivity contribution < 1.29 is 9.90 Å². The second-order valence-electron chi connectivity index (χ2n) is 3.56. The highest BCUT2D eigenvalue weighted by atomic mass is 32.1. The molecule has 2 N–H and O–H groups in total. The van der Waals surface area contributed by atoms with Crippen molar-refractivity contribution >= 4 is 17.4 Å². The fourth-order valence-electron chi connectivity index (χ4n) is 1.73. The molecule has 1 atom stereocenters. The van der Waals surface area contributed by atoms with Crippen LogP contribution in [0.25, 0.3) is 0 Å². The first kappa shape index (κ1) is 10.4. The van der Waals surface area contributed by atoms with Crippen LogP contribution in [0.3, 0.4) is 0 Å². The Bertz CT molecular complexity index is 328. The summed E-state index contributed by atoms with van der Waals surface area (Å²) in [7, 11) is 0. The lowest BCUT2D eigenvalue weighted by Crippen LogP contribution is -2.53. The quantitative estimate of drug-likeness (QED) is 0.778. The average Bonchev–Trinajstić information content (AvgIpc) is 2.71. The van der Waals surface area contributed by atoms with Gasteiger partial charge in [0.05, 0.1) is 11.2 Å². The van der Waals surface area contributed by atoms with Crippen molar-refractivity contribution in [2.75, 3.05) is 19.6 Å². The second-order valence-corrected chi connectivity index (χ2v) is 4.28. The number of amides is 1. The van der Waals surface area contributed by atoms with E-state index in [0.29, 0.717) is 13.1 Å². The maximum atomic E-state index is 10.8. The van der Waals surface area contributed by atoms with E-state index in [0.717, 1.165) is 18.7 Å². The number of hydrogen-bond acceptors (Lipinski definition) is 4. The van der Waals surface area contributed by atoms with E-state index in [2.05, 4.69) is 10.3 Å². The Hall–Kier alpha value is -1.14. The molecule has 2 rings (SSSR count). The van der Waals surface area contributed by atoms with E-state index < -0.39 is 6.09 Å². The van der Waals surface area contributed by atoms with E-state index in [9.17, 15) is 4.79 Å². The van der Waals surface area contributed by atoms with Gasteiger partial charge in [-0.25, -0.2) is 9.78 Å². The minimum atomic E-state index is -0.834. The van der Waals surface area contributed by atoms with Crippen LogP contribution in [0.2, 0.25) is 0 Å². The molecule has 0 unspecified atom stereocenters. The van der Waals surface area contributed by atoms with Gasteiger partial charge in [0.2, 0.25) is 0 Å². The van der Waals surface area contributed by atoms with Gasteiger partial charge in [0.25, 0.3) is 0 Å². The number of carboxylic acid groups (broad SMARTS) is 1. The molecule has 0 spiro atoms. The Morgan fingerprint density at radius 3 is 3.33 bits per heavy atom. The molecule has 82 valence electrons. The van der Waals surface area contributed by atoms with Gasteiger partial charge >= 0.3 is 6.09 Å². The third kappa shape index (κ3) is 2.66. The first-order valence-corrected chi connectivity index (χ1v) is 5.78. The minimum Gasteiger partial charge on any atom is -0.465 e. The van der Waals surface area contributed by atoms with Crippen LogP contribution in [0.1, 0.15) is 5.69 Å². The van der Waals surface area contributed by atoms with Crippen LogP contribution in [0.5, 0.6) is 0 Å². The number of hydrogen-bond donors (Lipinski definition) is 2.